The van der Waals surface area contributed by atoms with Crippen molar-refractivity contribution in [3.05, 3.63) is 0 Å². The molecule has 0 amide bonds. The van der Waals surface area contributed by atoms with Crippen LogP contribution in [0.1, 0.15) is 39.0 Å². The summed E-state index contributed by atoms with van der Waals surface area (Å²) in [5, 5.41) is 0. The van der Waals surface area contributed by atoms with E-state index < -0.39 is 0 Å². The summed E-state index contributed by atoms with van der Waals surface area (Å²) >= 11 is 0. The SMILES string of the molecule is CC(N)(CN)CC1CCCC1. The standard InChI is InChI=1S/C9H20N2/c1-9(11,7-10)6-8-4-2-3-5-8/h8H,2-7,10-11H2,1H3. The fourth-order valence-electron chi connectivity index (χ4n) is 1.96. The number of hydrogen-bond donors (Lipinski definition) is 2. The van der Waals surface area contributed by atoms with E-state index in [0.717, 1.165) is 12.3 Å². The van der Waals surface area contributed by atoms with Gasteiger partial charge in [-0.3, -0.25) is 0 Å². The van der Waals surface area contributed by atoms with Crippen molar-refractivity contribution in [2.45, 2.75) is 44.6 Å². The minimum absolute atomic E-state index is 0.116. The van der Waals surface area contributed by atoms with Crippen molar-refractivity contribution in [2.75, 3.05) is 6.54 Å². The van der Waals surface area contributed by atoms with Crippen LogP contribution in [0.4, 0.5) is 0 Å². The van der Waals surface area contributed by atoms with Crippen LogP contribution in [0.3, 0.4) is 0 Å². The summed E-state index contributed by atoms with van der Waals surface area (Å²) in [6.07, 6.45) is 6.64. The molecule has 1 unspecified atom stereocenters. The maximum atomic E-state index is 5.97. The smallest absolute Gasteiger partial charge is 0.0252 e. The van der Waals surface area contributed by atoms with Gasteiger partial charge in [-0.05, 0) is 19.3 Å². The molecule has 66 valence electrons. The first-order valence-electron chi connectivity index (χ1n) is 4.63. The molecular formula is C9H20N2. The number of nitrogens with two attached hydrogens (primary N) is 2. The van der Waals surface area contributed by atoms with Crippen LogP contribution < -0.4 is 11.5 Å². The highest BCUT2D eigenvalue weighted by Gasteiger charge is 2.24. The third kappa shape index (κ3) is 2.80. The topological polar surface area (TPSA) is 52.0 Å². The predicted octanol–water partition coefficient (Wildman–Crippen LogP) is 1.24. The first-order valence-corrected chi connectivity index (χ1v) is 4.63. The lowest BCUT2D eigenvalue weighted by Crippen LogP contribution is -2.45. The van der Waals surface area contributed by atoms with Gasteiger partial charge in [0.05, 0.1) is 0 Å². The molecular weight excluding hydrogens is 136 g/mol. The molecule has 0 aliphatic heterocycles. The van der Waals surface area contributed by atoms with Crippen LogP contribution in [-0.2, 0) is 0 Å². The highest BCUT2D eigenvalue weighted by Crippen LogP contribution is 2.30. The van der Waals surface area contributed by atoms with Crippen molar-refractivity contribution in [3.8, 4) is 0 Å². The van der Waals surface area contributed by atoms with E-state index in [-0.39, 0.29) is 5.54 Å². The molecule has 0 bridgehead atoms. The van der Waals surface area contributed by atoms with Gasteiger partial charge in [-0.1, -0.05) is 25.7 Å². The normalized spacial score (nSPS) is 25.4. The van der Waals surface area contributed by atoms with Crippen LogP contribution >= 0.6 is 0 Å². The Hall–Kier alpha value is -0.0800. The van der Waals surface area contributed by atoms with Gasteiger partial charge in [-0.2, -0.15) is 0 Å². The molecule has 1 aliphatic rings. The maximum absolute atomic E-state index is 5.97. The van der Waals surface area contributed by atoms with Gasteiger partial charge in [0.2, 0.25) is 0 Å². The van der Waals surface area contributed by atoms with E-state index in [1.165, 1.54) is 25.7 Å². The van der Waals surface area contributed by atoms with E-state index in [9.17, 15) is 0 Å². The van der Waals surface area contributed by atoms with Crippen molar-refractivity contribution < 1.29 is 0 Å². The zero-order chi connectivity index (χ0) is 8.32. The van der Waals surface area contributed by atoms with Gasteiger partial charge in [-0.15, -0.1) is 0 Å². The molecule has 1 saturated carbocycles. The summed E-state index contributed by atoms with van der Waals surface area (Å²) in [4.78, 5) is 0. The quantitative estimate of drug-likeness (QED) is 0.646. The molecule has 1 atom stereocenters. The van der Waals surface area contributed by atoms with E-state index >= 15 is 0 Å². The Morgan fingerprint density at radius 3 is 2.36 bits per heavy atom. The van der Waals surface area contributed by atoms with Crippen LogP contribution in [0.2, 0.25) is 0 Å². The monoisotopic (exact) mass is 156 g/mol. The summed E-state index contributed by atoms with van der Waals surface area (Å²) in [6, 6.07) is 0. The molecule has 0 aromatic heterocycles. The van der Waals surface area contributed by atoms with E-state index in [0.29, 0.717) is 6.54 Å². The maximum Gasteiger partial charge on any atom is 0.0252 e. The van der Waals surface area contributed by atoms with E-state index in [1.807, 2.05) is 0 Å². The first kappa shape index (κ1) is 9.01. The Labute approximate surface area is 69.3 Å². The summed E-state index contributed by atoms with van der Waals surface area (Å²) < 4.78 is 0. The molecule has 0 spiro atoms. The van der Waals surface area contributed by atoms with Gasteiger partial charge in [0, 0.05) is 12.1 Å². The Morgan fingerprint density at radius 1 is 1.36 bits per heavy atom. The molecule has 2 nitrogen and oxygen atoms in total. The van der Waals surface area contributed by atoms with Crippen LogP contribution in [-0.4, -0.2) is 12.1 Å². The average Bonchev–Trinajstić information content (AvgIpc) is 2.39. The van der Waals surface area contributed by atoms with Crippen molar-refractivity contribution in [2.24, 2.45) is 17.4 Å². The van der Waals surface area contributed by atoms with Gasteiger partial charge in [0.1, 0.15) is 0 Å². The van der Waals surface area contributed by atoms with Crippen LogP contribution in [0.25, 0.3) is 0 Å². The number of hydrogen-bond acceptors (Lipinski definition) is 2. The lowest BCUT2D eigenvalue weighted by molar-refractivity contribution is 0.349. The van der Waals surface area contributed by atoms with Crippen LogP contribution in [0.15, 0.2) is 0 Å². The molecule has 1 fully saturated rings. The minimum atomic E-state index is -0.116. The summed E-state index contributed by atoms with van der Waals surface area (Å²) in [5.41, 5.74) is 11.4. The first-order chi connectivity index (χ1) is 5.14. The Bertz CT molecular complexity index is 115. The molecule has 0 aromatic carbocycles. The second-order valence-corrected chi connectivity index (χ2v) is 4.21. The molecule has 11 heavy (non-hydrogen) atoms. The molecule has 0 aromatic rings. The molecule has 1 aliphatic carbocycles. The van der Waals surface area contributed by atoms with E-state index in [4.69, 9.17) is 11.5 Å². The summed E-state index contributed by atoms with van der Waals surface area (Å²) in [6.45, 7) is 2.68. The van der Waals surface area contributed by atoms with E-state index in [2.05, 4.69) is 6.92 Å². The molecule has 0 saturated heterocycles. The molecule has 0 radical (unpaired) electrons. The third-order valence-corrected chi connectivity index (χ3v) is 2.70. The van der Waals surface area contributed by atoms with E-state index in [1.54, 1.807) is 0 Å². The van der Waals surface area contributed by atoms with Gasteiger partial charge < -0.3 is 11.5 Å². The lowest BCUT2D eigenvalue weighted by atomic mass is 9.89. The fraction of sp³-hybridized carbons (Fsp3) is 1.00. The van der Waals surface area contributed by atoms with Crippen LogP contribution in [0, 0.1) is 5.92 Å². The third-order valence-electron chi connectivity index (χ3n) is 2.70. The lowest BCUT2D eigenvalue weighted by Gasteiger charge is -2.25. The van der Waals surface area contributed by atoms with Crippen molar-refractivity contribution in [1.82, 2.24) is 0 Å². The average molecular weight is 156 g/mol. The van der Waals surface area contributed by atoms with Crippen LogP contribution in [0.5, 0.6) is 0 Å². The Balaban J connectivity index is 2.28. The minimum Gasteiger partial charge on any atom is -0.329 e. The van der Waals surface area contributed by atoms with Crippen molar-refractivity contribution in [1.29, 1.82) is 0 Å². The largest absolute Gasteiger partial charge is 0.329 e. The van der Waals surface area contributed by atoms with Gasteiger partial charge >= 0.3 is 0 Å². The highest BCUT2D eigenvalue weighted by molar-refractivity contribution is 4.84. The molecule has 0 heterocycles. The molecule has 4 N–H and O–H groups in total. The highest BCUT2D eigenvalue weighted by atomic mass is 14.8. The molecule has 1 rings (SSSR count). The van der Waals surface area contributed by atoms with Gasteiger partial charge in [0.25, 0.3) is 0 Å². The number of rotatable bonds is 3. The second-order valence-electron chi connectivity index (χ2n) is 4.21. The Morgan fingerprint density at radius 2 is 1.91 bits per heavy atom. The van der Waals surface area contributed by atoms with Crippen molar-refractivity contribution in [3.63, 3.8) is 0 Å². The second kappa shape index (κ2) is 3.55. The molecule has 2 heteroatoms. The predicted molar refractivity (Wildman–Crippen MR) is 48.2 cm³/mol. The summed E-state index contributed by atoms with van der Waals surface area (Å²) in [7, 11) is 0. The Kier molecular flexibility index (Phi) is 2.90. The fourth-order valence-corrected chi connectivity index (χ4v) is 1.96. The van der Waals surface area contributed by atoms with Gasteiger partial charge in [-0.25, -0.2) is 0 Å². The zero-order valence-electron chi connectivity index (χ0n) is 7.47. The van der Waals surface area contributed by atoms with Crippen molar-refractivity contribution >= 4 is 0 Å². The zero-order valence-corrected chi connectivity index (χ0v) is 7.47. The summed E-state index contributed by atoms with van der Waals surface area (Å²) in [5.74, 6) is 0.855. The van der Waals surface area contributed by atoms with Gasteiger partial charge in [0.15, 0.2) is 0 Å².